The molecule has 3 N–H and O–H groups in total. The van der Waals surface area contributed by atoms with Gasteiger partial charge in [0.2, 0.25) is 5.91 Å². The van der Waals surface area contributed by atoms with Crippen LogP contribution in [0.5, 0.6) is 0 Å². The van der Waals surface area contributed by atoms with Crippen molar-refractivity contribution in [1.82, 2.24) is 15.5 Å². The highest BCUT2D eigenvalue weighted by atomic mass is 16.4. The van der Waals surface area contributed by atoms with Gasteiger partial charge in [-0.1, -0.05) is 13.3 Å². The first-order chi connectivity index (χ1) is 9.42. The number of aliphatic carboxylic acids is 1. The highest BCUT2D eigenvalue weighted by Gasteiger charge is 2.24. The number of carbonyl (C=O) groups excluding carboxylic acids is 2. The maximum Gasteiger partial charge on any atom is 0.315 e. The minimum absolute atomic E-state index is 0.0789. The van der Waals surface area contributed by atoms with E-state index in [9.17, 15) is 14.4 Å². The molecule has 2 unspecified atom stereocenters. The number of likely N-dealkylation sites (N-methyl/N-ethyl adjacent to an activating group) is 1. The van der Waals surface area contributed by atoms with Crippen molar-refractivity contribution in [2.45, 2.75) is 51.1 Å². The van der Waals surface area contributed by atoms with Gasteiger partial charge in [0.05, 0.1) is 6.42 Å². The minimum Gasteiger partial charge on any atom is -0.481 e. The summed E-state index contributed by atoms with van der Waals surface area (Å²) in [5.74, 6) is -0.843. The molecule has 1 heterocycles. The third-order valence-electron chi connectivity index (χ3n) is 3.36. The second-order valence-corrected chi connectivity index (χ2v) is 5.21. The van der Waals surface area contributed by atoms with Crippen LogP contribution in [-0.2, 0) is 9.59 Å². The van der Waals surface area contributed by atoms with E-state index in [1.807, 2.05) is 6.92 Å². The van der Waals surface area contributed by atoms with Gasteiger partial charge in [0.1, 0.15) is 0 Å². The van der Waals surface area contributed by atoms with E-state index in [2.05, 4.69) is 10.6 Å². The van der Waals surface area contributed by atoms with E-state index in [4.69, 9.17) is 5.11 Å². The van der Waals surface area contributed by atoms with Gasteiger partial charge < -0.3 is 20.6 Å². The van der Waals surface area contributed by atoms with Crippen LogP contribution in [0.2, 0.25) is 0 Å². The van der Waals surface area contributed by atoms with Crippen LogP contribution in [0.3, 0.4) is 0 Å². The summed E-state index contributed by atoms with van der Waals surface area (Å²) in [5.41, 5.74) is 0. The number of hydrogen-bond acceptors (Lipinski definition) is 3. The zero-order valence-corrected chi connectivity index (χ0v) is 12.0. The molecule has 7 nitrogen and oxygen atoms in total. The smallest absolute Gasteiger partial charge is 0.315 e. The summed E-state index contributed by atoms with van der Waals surface area (Å²) in [6, 6.07) is -0.803. The Morgan fingerprint density at radius 2 is 2.20 bits per heavy atom. The molecule has 0 bridgehead atoms. The molecule has 3 amide bonds. The van der Waals surface area contributed by atoms with E-state index in [1.165, 1.54) is 0 Å². The minimum atomic E-state index is -0.924. The maximum atomic E-state index is 11.8. The van der Waals surface area contributed by atoms with Crippen molar-refractivity contribution in [3.8, 4) is 0 Å². The average Bonchev–Trinajstić information content (AvgIpc) is 2.33. The molecular weight excluding hydrogens is 262 g/mol. The first kappa shape index (κ1) is 16.3. The number of amides is 3. The molecule has 0 saturated carbocycles. The summed E-state index contributed by atoms with van der Waals surface area (Å²) in [5, 5.41) is 14.3. The predicted molar refractivity (Wildman–Crippen MR) is 73.3 cm³/mol. The lowest BCUT2D eigenvalue weighted by molar-refractivity contribution is -0.137. The fraction of sp³-hybridized carbons (Fsp3) is 0.769. The van der Waals surface area contributed by atoms with E-state index in [0.717, 1.165) is 6.42 Å². The van der Waals surface area contributed by atoms with Crippen LogP contribution in [0, 0.1) is 0 Å². The van der Waals surface area contributed by atoms with Gasteiger partial charge in [0, 0.05) is 32.1 Å². The molecule has 0 aromatic heterocycles. The fourth-order valence-corrected chi connectivity index (χ4v) is 2.33. The largest absolute Gasteiger partial charge is 0.481 e. The van der Waals surface area contributed by atoms with Crippen molar-refractivity contribution in [2.75, 3.05) is 13.6 Å². The van der Waals surface area contributed by atoms with Crippen molar-refractivity contribution < 1.29 is 19.5 Å². The number of carboxylic acids is 1. The van der Waals surface area contributed by atoms with Gasteiger partial charge >= 0.3 is 12.0 Å². The summed E-state index contributed by atoms with van der Waals surface area (Å²) >= 11 is 0. The molecule has 20 heavy (non-hydrogen) atoms. The number of carboxylic acid groups (broad SMARTS) is 1. The second-order valence-electron chi connectivity index (χ2n) is 5.21. The second kappa shape index (κ2) is 7.72. The summed E-state index contributed by atoms with van der Waals surface area (Å²) in [6.07, 6.45) is 2.40. The van der Waals surface area contributed by atoms with Crippen LogP contribution in [0.15, 0.2) is 0 Å². The Morgan fingerprint density at radius 3 is 2.75 bits per heavy atom. The molecular formula is C13H23N3O4. The summed E-state index contributed by atoms with van der Waals surface area (Å²) in [7, 11) is 1.71. The molecule has 0 aliphatic carbocycles. The normalized spacial score (nSPS) is 20.4. The Balaban J connectivity index is 2.41. The molecule has 1 aliphatic rings. The first-order valence-corrected chi connectivity index (χ1v) is 6.95. The zero-order valence-electron chi connectivity index (χ0n) is 12.0. The van der Waals surface area contributed by atoms with Gasteiger partial charge in [-0.2, -0.15) is 0 Å². The quantitative estimate of drug-likeness (QED) is 0.663. The summed E-state index contributed by atoms with van der Waals surface area (Å²) < 4.78 is 0. The predicted octanol–water partition coefficient (Wildman–Crippen LogP) is 0.550. The van der Waals surface area contributed by atoms with E-state index >= 15 is 0 Å². The number of urea groups is 1. The number of rotatable bonds is 6. The van der Waals surface area contributed by atoms with Crippen LogP contribution >= 0.6 is 0 Å². The fourth-order valence-electron chi connectivity index (χ4n) is 2.33. The summed E-state index contributed by atoms with van der Waals surface area (Å²) in [6.45, 7) is 2.43. The van der Waals surface area contributed by atoms with Crippen molar-refractivity contribution in [1.29, 1.82) is 0 Å². The molecule has 1 aliphatic heterocycles. The zero-order chi connectivity index (χ0) is 15.1. The van der Waals surface area contributed by atoms with Crippen molar-refractivity contribution in [3.05, 3.63) is 0 Å². The standard InChI is InChI=1S/C13H23N3O4/c1-3-4-9(7-12(18)19)14-13(20)15-10-5-6-11(17)16(2)8-10/h9-10H,3-8H2,1-2H3,(H,18,19)(H2,14,15,20). The molecule has 0 aromatic rings. The molecule has 2 atom stereocenters. The molecule has 0 radical (unpaired) electrons. The van der Waals surface area contributed by atoms with Crippen molar-refractivity contribution in [2.24, 2.45) is 0 Å². The number of carbonyl (C=O) groups is 3. The van der Waals surface area contributed by atoms with Crippen LogP contribution in [0.25, 0.3) is 0 Å². The molecule has 7 heteroatoms. The van der Waals surface area contributed by atoms with Gasteiger partial charge in [0.15, 0.2) is 0 Å². The van der Waals surface area contributed by atoms with Gasteiger partial charge in [-0.25, -0.2) is 4.79 Å². The van der Waals surface area contributed by atoms with Gasteiger partial charge in [-0.3, -0.25) is 9.59 Å². The molecule has 114 valence electrons. The number of nitrogens with one attached hydrogen (secondary N) is 2. The number of likely N-dealkylation sites (tertiary alicyclic amines) is 1. The first-order valence-electron chi connectivity index (χ1n) is 6.95. The van der Waals surface area contributed by atoms with Crippen LogP contribution in [0.4, 0.5) is 4.79 Å². The highest BCUT2D eigenvalue weighted by molar-refractivity contribution is 5.78. The Hall–Kier alpha value is -1.79. The SMILES string of the molecule is CCCC(CC(=O)O)NC(=O)NC1CCC(=O)N(C)C1. The lowest BCUT2D eigenvalue weighted by atomic mass is 10.1. The molecule has 0 aromatic carbocycles. The molecule has 1 fully saturated rings. The van der Waals surface area contributed by atoms with Crippen LogP contribution in [-0.4, -0.2) is 53.6 Å². The number of nitrogens with zero attached hydrogens (tertiary/aromatic N) is 1. The van der Waals surface area contributed by atoms with E-state index in [0.29, 0.717) is 25.8 Å². The third kappa shape index (κ3) is 5.46. The Kier molecular flexibility index (Phi) is 6.27. The van der Waals surface area contributed by atoms with Crippen molar-refractivity contribution in [3.63, 3.8) is 0 Å². The Bertz CT molecular complexity index is 373. The third-order valence-corrected chi connectivity index (χ3v) is 3.36. The van der Waals surface area contributed by atoms with Gasteiger partial charge in [-0.05, 0) is 12.8 Å². The highest BCUT2D eigenvalue weighted by Crippen LogP contribution is 2.09. The average molecular weight is 285 g/mol. The van der Waals surface area contributed by atoms with E-state index in [1.54, 1.807) is 11.9 Å². The van der Waals surface area contributed by atoms with Crippen LogP contribution < -0.4 is 10.6 Å². The maximum absolute atomic E-state index is 11.8. The molecule has 1 rings (SSSR count). The van der Waals surface area contributed by atoms with Gasteiger partial charge in [-0.15, -0.1) is 0 Å². The van der Waals surface area contributed by atoms with Crippen molar-refractivity contribution >= 4 is 17.9 Å². The summed E-state index contributed by atoms with van der Waals surface area (Å²) in [4.78, 5) is 35.5. The lowest BCUT2D eigenvalue weighted by Crippen LogP contribution is -2.52. The van der Waals surface area contributed by atoms with E-state index in [-0.39, 0.29) is 30.4 Å². The Morgan fingerprint density at radius 1 is 1.50 bits per heavy atom. The monoisotopic (exact) mass is 285 g/mol. The van der Waals surface area contributed by atoms with Gasteiger partial charge in [0.25, 0.3) is 0 Å². The molecule has 0 spiro atoms. The number of hydrogen-bond donors (Lipinski definition) is 3. The van der Waals surface area contributed by atoms with E-state index < -0.39 is 5.97 Å². The lowest BCUT2D eigenvalue weighted by Gasteiger charge is -2.30. The molecule has 1 saturated heterocycles. The number of piperidine rings is 1. The Labute approximate surface area is 118 Å². The topological polar surface area (TPSA) is 98.7 Å². The van der Waals surface area contributed by atoms with Crippen LogP contribution in [0.1, 0.15) is 39.0 Å².